The molecule has 0 amide bonds. The summed E-state index contributed by atoms with van der Waals surface area (Å²) in [5, 5.41) is 18.3. The number of rotatable bonds is 1. The maximum atomic E-state index is 9.48. The number of nitrogens with zero attached hydrogens (tertiary/aromatic N) is 3. The van der Waals surface area contributed by atoms with Crippen LogP contribution < -0.4 is 10.4 Å². The highest BCUT2D eigenvalue weighted by molar-refractivity contribution is 7.81. The number of phenols is 1. The average Bonchev–Trinajstić information content (AvgIpc) is 2.52. The van der Waals surface area contributed by atoms with E-state index in [4.69, 9.17) is 0 Å². The third kappa shape index (κ3) is 1.40. The largest absolute Gasteiger partial charge is 0.506 e. The van der Waals surface area contributed by atoms with Gasteiger partial charge >= 0.3 is 0 Å². The van der Waals surface area contributed by atoms with Gasteiger partial charge in [0.15, 0.2) is 5.50 Å². The number of hydrogen-bond donors (Lipinski definition) is 3. The Bertz CT molecular complexity index is 343. The van der Waals surface area contributed by atoms with Gasteiger partial charge in [0.05, 0.1) is 0 Å². The molecule has 0 spiro atoms. The SMILES string of the molecule is Oc1ccccc1N1N=NNC1S. The zero-order chi connectivity index (χ0) is 9.26. The first kappa shape index (κ1) is 8.18. The molecule has 2 N–H and O–H groups in total. The van der Waals surface area contributed by atoms with E-state index in [1.165, 1.54) is 5.01 Å². The predicted molar refractivity (Wildman–Crippen MR) is 51.4 cm³/mol. The molecule has 0 saturated heterocycles. The number of aromatic hydroxyl groups is 1. The Balaban J connectivity index is 2.35. The summed E-state index contributed by atoms with van der Waals surface area (Å²) in [5.41, 5.74) is 2.89. The summed E-state index contributed by atoms with van der Waals surface area (Å²) in [6, 6.07) is 6.88. The van der Waals surface area contributed by atoms with Crippen molar-refractivity contribution < 1.29 is 5.11 Å². The van der Waals surface area contributed by atoms with Crippen molar-refractivity contribution in [3.8, 4) is 5.75 Å². The molecule has 1 aromatic rings. The van der Waals surface area contributed by atoms with Crippen LogP contribution in [0.15, 0.2) is 34.7 Å². The Morgan fingerprint density at radius 1 is 1.46 bits per heavy atom. The fraction of sp³-hybridized carbons (Fsp3) is 0.143. The Kier molecular flexibility index (Phi) is 1.97. The van der Waals surface area contributed by atoms with Crippen LogP contribution >= 0.6 is 12.6 Å². The van der Waals surface area contributed by atoms with E-state index >= 15 is 0 Å². The second-order valence-corrected chi connectivity index (χ2v) is 3.01. The second-order valence-electron chi connectivity index (χ2n) is 2.53. The molecule has 13 heavy (non-hydrogen) atoms. The molecule has 2 rings (SSSR count). The van der Waals surface area contributed by atoms with E-state index in [-0.39, 0.29) is 11.2 Å². The van der Waals surface area contributed by atoms with Crippen molar-refractivity contribution in [1.29, 1.82) is 0 Å². The third-order valence-electron chi connectivity index (χ3n) is 1.67. The number of nitrogens with one attached hydrogen (secondary N) is 1. The van der Waals surface area contributed by atoms with Crippen LogP contribution in [0.4, 0.5) is 5.69 Å². The fourth-order valence-electron chi connectivity index (χ4n) is 1.07. The lowest BCUT2D eigenvalue weighted by Gasteiger charge is -2.17. The molecule has 0 bridgehead atoms. The van der Waals surface area contributed by atoms with Crippen molar-refractivity contribution in [3.63, 3.8) is 0 Å². The zero-order valence-corrected chi connectivity index (χ0v) is 7.52. The highest BCUT2D eigenvalue weighted by Gasteiger charge is 2.21. The van der Waals surface area contributed by atoms with Gasteiger partial charge in [0, 0.05) is 0 Å². The molecule has 1 aliphatic rings. The molecule has 0 aliphatic carbocycles. The summed E-state index contributed by atoms with van der Waals surface area (Å²) in [7, 11) is 0. The van der Waals surface area contributed by atoms with Crippen LogP contribution in [0.2, 0.25) is 0 Å². The van der Waals surface area contributed by atoms with E-state index in [1.807, 2.05) is 6.07 Å². The average molecular weight is 196 g/mol. The monoisotopic (exact) mass is 196 g/mol. The molecule has 0 aromatic heterocycles. The Hall–Kier alpha value is -1.43. The number of benzene rings is 1. The van der Waals surface area contributed by atoms with Gasteiger partial charge in [0.1, 0.15) is 11.4 Å². The van der Waals surface area contributed by atoms with Crippen LogP contribution in [0, 0.1) is 0 Å². The van der Waals surface area contributed by atoms with E-state index < -0.39 is 0 Å². The minimum absolute atomic E-state index is 0.157. The van der Waals surface area contributed by atoms with E-state index in [1.54, 1.807) is 18.2 Å². The summed E-state index contributed by atoms with van der Waals surface area (Å²) in [6.07, 6.45) is 0. The summed E-state index contributed by atoms with van der Waals surface area (Å²) in [6.45, 7) is 0. The minimum Gasteiger partial charge on any atom is -0.506 e. The molecule has 0 saturated carbocycles. The van der Waals surface area contributed by atoms with Gasteiger partial charge in [-0.3, -0.25) is 5.43 Å². The first-order valence-corrected chi connectivity index (χ1v) is 4.22. The van der Waals surface area contributed by atoms with E-state index in [0.717, 1.165) is 0 Å². The molecule has 0 fully saturated rings. The van der Waals surface area contributed by atoms with Gasteiger partial charge < -0.3 is 5.11 Å². The van der Waals surface area contributed by atoms with Crippen molar-refractivity contribution >= 4 is 18.3 Å². The van der Waals surface area contributed by atoms with Crippen LogP contribution in [0.5, 0.6) is 5.75 Å². The Morgan fingerprint density at radius 2 is 2.23 bits per heavy atom. The summed E-state index contributed by atoms with van der Waals surface area (Å²) < 4.78 is 0. The standard InChI is InChI=1S/C7H8N4OS/c12-6-4-2-1-3-5(6)11-7(13)8-9-10-11/h1-4,7,12-13H,(H,8,10). The van der Waals surface area contributed by atoms with Gasteiger partial charge in [-0.1, -0.05) is 17.4 Å². The molecule has 1 aromatic carbocycles. The van der Waals surface area contributed by atoms with Crippen molar-refractivity contribution in [3.05, 3.63) is 24.3 Å². The number of para-hydroxylation sites is 2. The van der Waals surface area contributed by atoms with Crippen LogP contribution in [0.1, 0.15) is 0 Å². The quantitative estimate of drug-likeness (QED) is 0.593. The van der Waals surface area contributed by atoms with Crippen molar-refractivity contribution in [2.75, 3.05) is 5.01 Å². The molecule has 1 unspecified atom stereocenters. The summed E-state index contributed by atoms with van der Waals surface area (Å²) in [5.74, 6) is 0.157. The number of anilines is 1. The van der Waals surface area contributed by atoms with Crippen molar-refractivity contribution in [1.82, 2.24) is 5.43 Å². The lowest BCUT2D eigenvalue weighted by molar-refractivity contribution is 0.474. The highest BCUT2D eigenvalue weighted by atomic mass is 32.1. The molecular weight excluding hydrogens is 188 g/mol. The number of phenolic OH excluding ortho intramolecular Hbond substituents is 1. The number of hydrogen-bond acceptors (Lipinski definition) is 6. The smallest absolute Gasteiger partial charge is 0.184 e. The first-order chi connectivity index (χ1) is 6.29. The third-order valence-corrected chi connectivity index (χ3v) is 2.01. The maximum Gasteiger partial charge on any atom is 0.184 e. The molecule has 1 aliphatic heterocycles. The van der Waals surface area contributed by atoms with Crippen LogP contribution in [0.3, 0.4) is 0 Å². The van der Waals surface area contributed by atoms with Crippen LogP contribution in [-0.4, -0.2) is 10.6 Å². The molecular formula is C7H8N4OS. The minimum atomic E-state index is -0.326. The molecule has 1 heterocycles. The zero-order valence-electron chi connectivity index (χ0n) is 6.62. The first-order valence-electron chi connectivity index (χ1n) is 3.70. The maximum absolute atomic E-state index is 9.48. The summed E-state index contributed by atoms with van der Waals surface area (Å²) >= 11 is 4.16. The van der Waals surface area contributed by atoms with Crippen molar-refractivity contribution in [2.24, 2.45) is 10.4 Å². The molecule has 68 valence electrons. The van der Waals surface area contributed by atoms with Gasteiger partial charge in [-0.15, -0.1) is 12.6 Å². The highest BCUT2D eigenvalue weighted by Crippen LogP contribution is 2.30. The topological polar surface area (TPSA) is 60.2 Å². The Labute approximate surface area is 80.4 Å². The van der Waals surface area contributed by atoms with Gasteiger partial charge in [-0.25, -0.2) is 5.01 Å². The van der Waals surface area contributed by atoms with E-state index in [0.29, 0.717) is 5.69 Å². The van der Waals surface area contributed by atoms with Gasteiger partial charge in [0.25, 0.3) is 0 Å². The molecule has 0 radical (unpaired) electrons. The normalized spacial score (nSPS) is 20.4. The van der Waals surface area contributed by atoms with Gasteiger partial charge in [-0.2, -0.15) is 0 Å². The van der Waals surface area contributed by atoms with Crippen LogP contribution in [0.25, 0.3) is 0 Å². The second kappa shape index (κ2) is 3.14. The number of thiol groups is 1. The van der Waals surface area contributed by atoms with Crippen molar-refractivity contribution in [2.45, 2.75) is 5.50 Å². The van der Waals surface area contributed by atoms with E-state index in [9.17, 15) is 5.11 Å². The Morgan fingerprint density at radius 3 is 2.85 bits per heavy atom. The van der Waals surface area contributed by atoms with E-state index in [2.05, 4.69) is 28.5 Å². The predicted octanol–water partition coefficient (Wildman–Crippen LogP) is 1.30. The van der Waals surface area contributed by atoms with Gasteiger partial charge in [0.2, 0.25) is 0 Å². The lowest BCUT2D eigenvalue weighted by Crippen LogP contribution is -2.29. The fourth-order valence-corrected chi connectivity index (χ4v) is 1.29. The lowest BCUT2D eigenvalue weighted by atomic mass is 10.3. The molecule has 1 atom stereocenters. The molecule has 5 nitrogen and oxygen atoms in total. The van der Waals surface area contributed by atoms with Crippen LogP contribution in [-0.2, 0) is 0 Å². The molecule has 6 heteroatoms. The van der Waals surface area contributed by atoms with Gasteiger partial charge in [-0.05, 0) is 17.4 Å². The summed E-state index contributed by atoms with van der Waals surface area (Å²) in [4.78, 5) is 0.